The van der Waals surface area contributed by atoms with Gasteiger partial charge in [-0.3, -0.25) is 9.48 Å². The summed E-state index contributed by atoms with van der Waals surface area (Å²) in [6, 6.07) is 8.23. The number of ether oxygens (including phenoxy) is 1. The van der Waals surface area contributed by atoms with Crippen LogP contribution in [0.2, 0.25) is 0 Å². The van der Waals surface area contributed by atoms with Gasteiger partial charge in [0, 0.05) is 19.6 Å². The summed E-state index contributed by atoms with van der Waals surface area (Å²) in [5, 5.41) is 0.649. The molecule has 27 heavy (non-hydrogen) atoms. The van der Waals surface area contributed by atoms with E-state index < -0.39 is 0 Å². The first-order valence-electron chi connectivity index (χ1n) is 9.26. The molecule has 1 fully saturated rings. The van der Waals surface area contributed by atoms with Gasteiger partial charge in [0.15, 0.2) is 5.65 Å². The van der Waals surface area contributed by atoms with E-state index in [0.717, 1.165) is 30.0 Å². The van der Waals surface area contributed by atoms with Crippen LogP contribution in [0.5, 0.6) is 0 Å². The predicted octanol–water partition coefficient (Wildman–Crippen LogP) is 2.55. The Balaban J connectivity index is 1.82. The van der Waals surface area contributed by atoms with Crippen molar-refractivity contribution >= 4 is 16.9 Å². The highest BCUT2D eigenvalue weighted by Gasteiger charge is 2.20. The summed E-state index contributed by atoms with van der Waals surface area (Å²) in [5.74, 6) is 0.597. The van der Waals surface area contributed by atoms with Gasteiger partial charge in [0.1, 0.15) is 11.6 Å². The average Bonchev–Trinajstić information content (AvgIpc) is 2.95. The molecule has 7 heteroatoms. The second-order valence-corrected chi connectivity index (χ2v) is 6.80. The molecule has 0 amide bonds. The molecule has 1 aliphatic rings. The van der Waals surface area contributed by atoms with E-state index in [1.165, 1.54) is 12.1 Å². The van der Waals surface area contributed by atoms with Crippen LogP contribution in [0.25, 0.3) is 11.0 Å². The fourth-order valence-electron chi connectivity index (χ4n) is 3.64. The Morgan fingerprint density at radius 2 is 1.85 bits per heavy atom. The van der Waals surface area contributed by atoms with Crippen LogP contribution in [0.1, 0.15) is 18.1 Å². The van der Waals surface area contributed by atoms with Gasteiger partial charge >= 0.3 is 0 Å². The standard InChI is InChI=1S/C20H23FN4O2/c1-3-24-19-18(14(2)12-17(22-19)23-8-10-27-11-9-23)20(26)25(24)13-15-4-6-16(21)7-5-15/h4-7,12H,3,8-11,13H2,1-2H3. The number of fused-ring (bicyclic) bond motifs is 1. The number of aryl methyl sites for hydroxylation is 2. The van der Waals surface area contributed by atoms with Crippen molar-refractivity contribution in [2.75, 3.05) is 31.2 Å². The molecule has 142 valence electrons. The van der Waals surface area contributed by atoms with E-state index in [9.17, 15) is 9.18 Å². The molecule has 3 aromatic rings. The molecule has 1 aliphatic heterocycles. The molecule has 1 saturated heterocycles. The zero-order valence-corrected chi connectivity index (χ0v) is 15.6. The Kier molecular flexibility index (Phi) is 4.70. The Morgan fingerprint density at radius 3 is 2.52 bits per heavy atom. The summed E-state index contributed by atoms with van der Waals surface area (Å²) in [7, 11) is 0. The lowest BCUT2D eigenvalue weighted by atomic mass is 10.2. The van der Waals surface area contributed by atoms with E-state index in [1.807, 2.05) is 24.6 Å². The molecule has 6 nitrogen and oxygen atoms in total. The summed E-state index contributed by atoms with van der Waals surface area (Å²) in [4.78, 5) is 20.1. The summed E-state index contributed by atoms with van der Waals surface area (Å²) in [5.41, 5.74) is 2.44. The summed E-state index contributed by atoms with van der Waals surface area (Å²) >= 11 is 0. The second kappa shape index (κ2) is 7.15. The molecule has 0 N–H and O–H groups in total. The number of nitrogens with zero attached hydrogens (tertiary/aromatic N) is 4. The maximum Gasteiger partial charge on any atom is 0.276 e. The summed E-state index contributed by atoms with van der Waals surface area (Å²) < 4.78 is 22.2. The topological polar surface area (TPSA) is 52.3 Å². The highest BCUT2D eigenvalue weighted by atomic mass is 19.1. The molecule has 2 aromatic heterocycles. The number of anilines is 1. The second-order valence-electron chi connectivity index (χ2n) is 6.80. The lowest BCUT2D eigenvalue weighted by Gasteiger charge is -2.28. The summed E-state index contributed by atoms with van der Waals surface area (Å²) in [6.45, 7) is 7.93. The molecule has 0 spiro atoms. The molecule has 1 aromatic carbocycles. The molecule has 4 rings (SSSR count). The predicted molar refractivity (Wildman–Crippen MR) is 103 cm³/mol. The number of hydrogen-bond acceptors (Lipinski definition) is 4. The highest BCUT2D eigenvalue weighted by molar-refractivity contribution is 5.81. The van der Waals surface area contributed by atoms with Crippen molar-refractivity contribution in [1.29, 1.82) is 0 Å². The van der Waals surface area contributed by atoms with Gasteiger partial charge in [0.25, 0.3) is 5.56 Å². The Morgan fingerprint density at radius 1 is 1.15 bits per heavy atom. The minimum atomic E-state index is -0.283. The van der Waals surface area contributed by atoms with Gasteiger partial charge in [-0.05, 0) is 43.2 Å². The molecule has 0 unspecified atom stereocenters. The molecular weight excluding hydrogens is 347 g/mol. The lowest BCUT2D eigenvalue weighted by Crippen LogP contribution is -2.36. The van der Waals surface area contributed by atoms with Crippen LogP contribution in [-0.2, 0) is 17.8 Å². The third-order valence-corrected chi connectivity index (χ3v) is 5.05. The molecule has 3 heterocycles. The number of aromatic nitrogens is 3. The molecule has 0 saturated carbocycles. The van der Waals surface area contributed by atoms with Gasteiger partial charge in [0.05, 0.1) is 25.1 Å². The van der Waals surface area contributed by atoms with Crippen LogP contribution in [0.3, 0.4) is 0 Å². The number of hydrogen-bond donors (Lipinski definition) is 0. The van der Waals surface area contributed by atoms with Crippen LogP contribution < -0.4 is 10.5 Å². The first kappa shape index (κ1) is 17.7. The average molecular weight is 370 g/mol. The van der Waals surface area contributed by atoms with Crippen molar-refractivity contribution < 1.29 is 9.13 Å². The highest BCUT2D eigenvalue weighted by Crippen LogP contribution is 2.22. The van der Waals surface area contributed by atoms with Crippen molar-refractivity contribution in [3.05, 3.63) is 57.6 Å². The zero-order valence-electron chi connectivity index (χ0n) is 15.6. The maximum absolute atomic E-state index is 13.2. The molecule has 0 bridgehead atoms. The van der Waals surface area contributed by atoms with E-state index in [4.69, 9.17) is 9.72 Å². The van der Waals surface area contributed by atoms with E-state index in [0.29, 0.717) is 37.3 Å². The van der Waals surface area contributed by atoms with Crippen LogP contribution in [0, 0.1) is 12.7 Å². The van der Waals surface area contributed by atoms with E-state index in [2.05, 4.69) is 4.90 Å². The van der Waals surface area contributed by atoms with Gasteiger partial charge in [-0.2, -0.15) is 0 Å². The third kappa shape index (κ3) is 3.23. The minimum absolute atomic E-state index is 0.0605. The molecule has 0 aliphatic carbocycles. The van der Waals surface area contributed by atoms with E-state index in [1.54, 1.807) is 16.8 Å². The number of halogens is 1. The van der Waals surface area contributed by atoms with E-state index >= 15 is 0 Å². The quantitative estimate of drug-likeness (QED) is 0.708. The molecule has 0 atom stereocenters. The first-order chi connectivity index (χ1) is 13.1. The SMILES string of the molecule is CCn1c2nc(N3CCOCC3)cc(C)c2c(=O)n1Cc1ccc(F)cc1. The normalized spacial score (nSPS) is 14.9. The van der Waals surface area contributed by atoms with Crippen molar-refractivity contribution in [3.8, 4) is 0 Å². The minimum Gasteiger partial charge on any atom is -0.378 e. The van der Waals surface area contributed by atoms with E-state index in [-0.39, 0.29) is 11.4 Å². The van der Waals surface area contributed by atoms with Crippen molar-refractivity contribution in [3.63, 3.8) is 0 Å². The fraction of sp³-hybridized carbons (Fsp3) is 0.400. The van der Waals surface area contributed by atoms with Crippen molar-refractivity contribution in [2.24, 2.45) is 0 Å². The maximum atomic E-state index is 13.2. The monoisotopic (exact) mass is 370 g/mol. The molecule has 0 radical (unpaired) electrons. The lowest BCUT2D eigenvalue weighted by molar-refractivity contribution is 0.122. The third-order valence-electron chi connectivity index (χ3n) is 5.05. The van der Waals surface area contributed by atoms with Crippen LogP contribution >= 0.6 is 0 Å². The van der Waals surface area contributed by atoms with Crippen LogP contribution in [0.4, 0.5) is 10.2 Å². The number of rotatable bonds is 4. The number of morpholine rings is 1. The van der Waals surface area contributed by atoms with Gasteiger partial charge in [-0.15, -0.1) is 0 Å². The van der Waals surface area contributed by atoms with Gasteiger partial charge in [-0.1, -0.05) is 12.1 Å². The Hall–Kier alpha value is -2.67. The zero-order chi connectivity index (χ0) is 19.0. The van der Waals surface area contributed by atoms with Crippen molar-refractivity contribution in [2.45, 2.75) is 26.9 Å². The summed E-state index contributed by atoms with van der Waals surface area (Å²) in [6.07, 6.45) is 0. The smallest absolute Gasteiger partial charge is 0.276 e. The van der Waals surface area contributed by atoms with Gasteiger partial charge in [0.2, 0.25) is 0 Å². The Bertz CT molecular complexity index is 1020. The number of benzene rings is 1. The van der Waals surface area contributed by atoms with Gasteiger partial charge in [-0.25, -0.2) is 14.1 Å². The van der Waals surface area contributed by atoms with Crippen LogP contribution in [-0.4, -0.2) is 40.7 Å². The number of pyridine rings is 1. The van der Waals surface area contributed by atoms with Crippen molar-refractivity contribution in [1.82, 2.24) is 14.3 Å². The largest absolute Gasteiger partial charge is 0.378 e. The van der Waals surface area contributed by atoms with Crippen LogP contribution in [0.15, 0.2) is 35.1 Å². The fourth-order valence-corrected chi connectivity index (χ4v) is 3.64. The first-order valence-corrected chi connectivity index (χ1v) is 9.26. The molecular formula is C20H23FN4O2. The Labute approximate surface area is 156 Å². The van der Waals surface area contributed by atoms with Gasteiger partial charge < -0.3 is 9.64 Å².